The van der Waals surface area contributed by atoms with Crippen molar-refractivity contribution in [3.8, 4) is 0 Å². The van der Waals surface area contributed by atoms with Crippen LogP contribution in [0.4, 0.5) is 0 Å². The highest BCUT2D eigenvalue weighted by molar-refractivity contribution is 5.52. The molecule has 0 saturated heterocycles. The SMILES string of the molecule is CC(C)=CCCC1(C)C=C(C2=CCCCC=C2)C(C)=CCC1. The molecule has 0 N–H and O–H groups in total. The molecule has 0 amide bonds. The van der Waals surface area contributed by atoms with Crippen LogP contribution in [0.1, 0.15) is 72.6 Å². The van der Waals surface area contributed by atoms with Gasteiger partial charge in [-0.15, -0.1) is 0 Å². The summed E-state index contributed by atoms with van der Waals surface area (Å²) in [5, 5.41) is 0. The Kier molecular flexibility index (Phi) is 6.06. The summed E-state index contributed by atoms with van der Waals surface area (Å²) in [4.78, 5) is 0. The van der Waals surface area contributed by atoms with Gasteiger partial charge in [0.25, 0.3) is 0 Å². The van der Waals surface area contributed by atoms with Crippen molar-refractivity contribution in [2.75, 3.05) is 0 Å². The highest BCUT2D eigenvalue weighted by atomic mass is 14.3. The number of rotatable bonds is 4. The molecule has 2 aliphatic rings. The Morgan fingerprint density at radius 2 is 2.00 bits per heavy atom. The van der Waals surface area contributed by atoms with Crippen molar-refractivity contribution in [2.24, 2.45) is 5.41 Å². The van der Waals surface area contributed by atoms with E-state index in [9.17, 15) is 0 Å². The Bertz CT molecular complexity index is 532. The van der Waals surface area contributed by atoms with Gasteiger partial charge < -0.3 is 0 Å². The summed E-state index contributed by atoms with van der Waals surface area (Å²) in [6.07, 6.45) is 23.2. The fourth-order valence-corrected chi connectivity index (χ4v) is 3.43. The van der Waals surface area contributed by atoms with Crippen molar-refractivity contribution in [1.29, 1.82) is 0 Å². The maximum atomic E-state index is 2.58. The van der Waals surface area contributed by atoms with E-state index in [1.165, 1.54) is 67.2 Å². The zero-order valence-electron chi connectivity index (χ0n) is 14.9. The number of allylic oxidation sites excluding steroid dienone is 10. The fourth-order valence-electron chi connectivity index (χ4n) is 3.43. The van der Waals surface area contributed by atoms with Crippen LogP contribution in [0.25, 0.3) is 0 Å². The lowest BCUT2D eigenvalue weighted by Gasteiger charge is -2.26. The van der Waals surface area contributed by atoms with Gasteiger partial charge in [0, 0.05) is 0 Å². The molecule has 0 aromatic carbocycles. The van der Waals surface area contributed by atoms with E-state index >= 15 is 0 Å². The van der Waals surface area contributed by atoms with E-state index in [4.69, 9.17) is 0 Å². The lowest BCUT2D eigenvalue weighted by molar-refractivity contribution is 0.367. The fraction of sp³-hybridized carbons (Fsp3) is 0.545. The molecule has 1 unspecified atom stereocenters. The van der Waals surface area contributed by atoms with Crippen LogP contribution in [0.3, 0.4) is 0 Å². The zero-order valence-corrected chi connectivity index (χ0v) is 14.9. The molecule has 0 aliphatic heterocycles. The minimum Gasteiger partial charge on any atom is -0.0859 e. The second kappa shape index (κ2) is 7.81. The van der Waals surface area contributed by atoms with Gasteiger partial charge in [0.05, 0.1) is 0 Å². The van der Waals surface area contributed by atoms with Crippen LogP contribution >= 0.6 is 0 Å². The van der Waals surface area contributed by atoms with Gasteiger partial charge >= 0.3 is 0 Å². The first-order valence-electron chi connectivity index (χ1n) is 8.91. The summed E-state index contributed by atoms with van der Waals surface area (Å²) in [5.41, 5.74) is 6.14. The standard InChI is InChI=1S/C22H32/c1-18(2)11-9-15-22(4)16-10-12-19(3)21(17-22)20-13-7-5-6-8-14-20/h7,11-14,17H,5-6,8-10,15-16H2,1-4H3. The van der Waals surface area contributed by atoms with Crippen molar-refractivity contribution >= 4 is 0 Å². The summed E-state index contributed by atoms with van der Waals surface area (Å²) in [6, 6.07) is 0. The summed E-state index contributed by atoms with van der Waals surface area (Å²) in [7, 11) is 0. The normalized spacial score (nSPS) is 25.5. The lowest BCUT2D eigenvalue weighted by Crippen LogP contribution is -2.13. The molecule has 0 radical (unpaired) electrons. The molecule has 0 bridgehead atoms. The number of hydrogen-bond donors (Lipinski definition) is 0. The Hall–Kier alpha value is -1.30. The minimum absolute atomic E-state index is 0.316. The van der Waals surface area contributed by atoms with Crippen molar-refractivity contribution in [1.82, 2.24) is 0 Å². The van der Waals surface area contributed by atoms with Crippen LogP contribution < -0.4 is 0 Å². The summed E-state index contributed by atoms with van der Waals surface area (Å²) < 4.78 is 0. The predicted molar refractivity (Wildman–Crippen MR) is 98.9 cm³/mol. The third kappa shape index (κ3) is 4.87. The van der Waals surface area contributed by atoms with Crippen LogP contribution in [-0.4, -0.2) is 0 Å². The quantitative estimate of drug-likeness (QED) is 0.486. The van der Waals surface area contributed by atoms with E-state index in [2.05, 4.69) is 64.2 Å². The van der Waals surface area contributed by atoms with Gasteiger partial charge in [-0.2, -0.15) is 0 Å². The van der Waals surface area contributed by atoms with E-state index in [0.29, 0.717) is 5.41 Å². The molecule has 0 aromatic rings. The Morgan fingerprint density at radius 1 is 1.18 bits per heavy atom. The van der Waals surface area contributed by atoms with Crippen molar-refractivity contribution in [3.63, 3.8) is 0 Å². The summed E-state index contributed by atoms with van der Waals surface area (Å²) >= 11 is 0. The molecule has 2 rings (SSSR count). The van der Waals surface area contributed by atoms with E-state index in [0.717, 1.165) is 0 Å². The van der Waals surface area contributed by atoms with Crippen LogP contribution in [0.2, 0.25) is 0 Å². The molecule has 0 aromatic heterocycles. The van der Waals surface area contributed by atoms with Crippen LogP contribution in [0, 0.1) is 5.41 Å². The van der Waals surface area contributed by atoms with Crippen molar-refractivity contribution in [2.45, 2.75) is 72.6 Å². The Balaban J connectivity index is 2.26. The zero-order chi connectivity index (χ0) is 16.0. The van der Waals surface area contributed by atoms with E-state index < -0.39 is 0 Å². The van der Waals surface area contributed by atoms with Gasteiger partial charge in [0.15, 0.2) is 0 Å². The topological polar surface area (TPSA) is 0 Å². The smallest absolute Gasteiger partial charge is 0.0131 e. The predicted octanol–water partition coefficient (Wildman–Crippen LogP) is 7.07. The molecular weight excluding hydrogens is 264 g/mol. The monoisotopic (exact) mass is 296 g/mol. The average molecular weight is 296 g/mol. The van der Waals surface area contributed by atoms with Crippen LogP contribution in [0.15, 0.2) is 58.7 Å². The van der Waals surface area contributed by atoms with E-state index in [-0.39, 0.29) is 0 Å². The second-order valence-electron chi connectivity index (χ2n) is 7.45. The molecule has 1 atom stereocenters. The largest absolute Gasteiger partial charge is 0.0859 e. The average Bonchev–Trinajstić information content (AvgIpc) is 2.79. The van der Waals surface area contributed by atoms with Crippen LogP contribution in [0.5, 0.6) is 0 Å². The molecular formula is C22H32. The highest BCUT2D eigenvalue weighted by Gasteiger charge is 2.24. The molecule has 0 nitrogen and oxygen atoms in total. The maximum Gasteiger partial charge on any atom is -0.0131 e. The van der Waals surface area contributed by atoms with Gasteiger partial charge in [-0.3, -0.25) is 0 Å². The Morgan fingerprint density at radius 3 is 2.77 bits per heavy atom. The summed E-state index contributed by atoms with van der Waals surface area (Å²) in [6.45, 7) is 9.12. The molecule has 120 valence electrons. The van der Waals surface area contributed by atoms with Crippen molar-refractivity contribution in [3.05, 3.63) is 58.7 Å². The first-order chi connectivity index (χ1) is 10.5. The minimum atomic E-state index is 0.316. The molecule has 2 aliphatic carbocycles. The maximum absolute atomic E-state index is 2.58. The first-order valence-corrected chi connectivity index (χ1v) is 8.91. The van der Waals surface area contributed by atoms with Crippen LogP contribution in [-0.2, 0) is 0 Å². The van der Waals surface area contributed by atoms with Gasteiger partial charge in [-0.25, -0.2) is 0 Å². The molecule has 0 fully saturated rings. The molecule has 0 saturated carbocycles. The third-order valence-electron chi connectivity index (χ3n) is 4.90. The van der Waals surface area contributed by atoms with Gasteiger partial charge in [-0.05, 0) is 87.9 Å². The molecule has 22 heavy (non-hydrogen) atoms. The van der Waals surface area contributed by atoms with Gasteiger partial charge in [0.1, 0.15) is 0 Å². The Labute approximate surface area is 137 Å². The second-order valence-corrected chi connectivity index (χ2v) is 7.45. The first kappa shape index (κ1) is 17.1. The van der Waals surface area contributed by atoms with E-state index in [1.54, 1.807) is 0 Å². The van der Waals surface area contributed by atoms with Gasteiger partial charge in [0.2, 0.25) is 0 Å². The van der Waals surface area contributed by atoms with E-state index in [1.807, 2.05) is 0 Å². The highest BCUT2D eigenvalue weighted by Crippen LogP contribution is 2.39. The molecule has 0 spiro atoms. The van der Waals surface area contributed by atoms with Crippen molar-refractivity contribution < 1.29 is 0 Å². The lowest BCUT2D eigenvalue weighted by atomic mass is 9.79. The number of hydrogen-bond acceptors (Lipinski definition) is 0. The molecule has 0 heteroatoms. The van der Waals surface area contributed by atoms with Gasteiger partial charge in [-0.1, -0.05) is 49.0 Å². The molecule has 0 heterocycles. The summed E-state index contributed by atoms with van der Waals surface area (Å²) in [5.74, 6) is 0. The third-order valence-corrected chi connectivity index (χ3v) is 4.90.